The van der Waals surface area contributed by atoms with Gasteiger partial charge in [0.25, 0.3) is 5.91 Å². The van der Waals surface area contributed by atoms with Crippen molar-refractivity contribution < 1.29 is 13.9 Å². The lowest BCUT2D eigenvalue weighted by atomic mass is 10.1. The molecule has 5 nitrogen and oxygen atoms in total. The van der Waals surface area contributed by atoms with Crippen LogP contribution in [0, 0.1) is 0 Å². The van der Waals surface area contributed by atoms with Crippen LogP contribution in [0.5, 0.6) is 5.75 Å². The van der Waals surface area contributed by atoms with E-state index < -0.39 is 13.6 Å². The third kappa shape index (κ3) is 4.48. The van der Waals surface area contributed by atoms with E-state index in [-0.39, 0.29) is 0 Å². The second-order valence-corrected chi connectivity index (χ2v) is 8.13. The number of anilines is 1. The molecule has 0 spiro atoms. The van der Waals surface area contributed by atoms with Crippen LogP contribution in [0.3, 0.4) is 0 Å². The molecule has 0 saturated heterocycles. The molecular formula is C23H19N2O3P. The van der Waals surface area contributed by atoms with Crippen molar-refractivity contribution in [3.8, 4) is 5.75 Å². The zero-order valence-corrected chi connectivity index (χ0v) is 16.4. The van der Waals surface area contributed by atoms with Gasteiger partial charge in [-0.15, -0.1) is 0 Å². The SMILES string of the molecule is O=C(NP(=O)(Nc1cccc2ccccc12)Oc1ccccc1)c1ccccc1. The summed E-state index contributed by atoms with van der Waals surface area (Å²) < 4.78 is 19.5. The molecule has 4 aromatic carbocycles. The van der Waals surface area contributed by atoms with E-state index in [1.807, 2.05) is 48.5 Å². The molecule has 1 amide bonds. The number of para-hydroxylation sites is 1. The molecule has 0 heterocycles. The molecule has 1 atom stereocenters. The summed E-state index contributed by atoms with van der Waals surface area (Å²) >= 11 is 0. The number of hydrogen-bond acceptors (Lipinski definition) is 3. The smallest absolute Gasteiger partial charge is 0.414 e. The van der Waals surface area contributed by atoms with Crippen molar-refractivity contribution in [1.82, 2.24) is 5.09 Å². The Balaban J connectivity index is 1.69. The standard InChI is InChI=1S/C23H19N2O3P/c26-23(19-11-3-1-4-12-19)25-29(27,28-20-14-5-2-6-15-20)24-22-17-9-13-18-10-7-8-16-21(18)22/h1-17H,(H2,24,25,26,27). The van der Waals surface area contributed by atoms with Gasteiger partial charge >= 0.3 is 7.67 Å². The van der Waals surface area contributed by atoms with Crippen LogP contribution in [0.15, 0.2) is 103 Å². The van der Waals surface area contributed by atoms with Gasteiger partial charge in [0.1, 0.15) is 5.75 Å². The summed E-state index contributed by atoms with van der Waals surface area (Å²) in [6.07, 6.45) is 0. The molecule has 4 rings (SSSR count). The van der Waals surface area contributed by atoms with E-state index in [4.69, 9.17) is 4.52 Å². The first-order valence-electron chi connectivity index (χ1n) is 9.11. The highest BCUT2D eigenvalue weighted by Crippen LogP contribution is 2.44. The van der Waals surface area contributed by atoms with Crippen molar-refractivity contribution in [2.45, 2.75) is 0 Å². The summed E-state index contributed by atoms with van der Waals surface area (Å²) in [7, 11) is -3.84. The largest absolute Gasteiger partial charge is 0.446 e. The number of carbonyl (C=O) groups is 1. The lowest BCUT2D eigenvalue weighted by Gasteiger charge is -2.22. The minimum absolute atomic E-state index is 0.386. The van der Waals surface area contributed by atoms with E-state index >= 15 is 0 Å². The molecule has 4 aromatic rings. The zero-order chi connectivity index (χ0) is 20.1. The average Bonchev–Trinajstić information content (AvgIpc) is 2.75. The Labute approximate surface area is 168 Å². The number of fused-ring (bicyclic) bond motifs is 1. The van der Waals surface area contributed by atoms with Crippen LogP contribution in [0.2, 0.25) is 0 Å². The molecule has 1 unspecified atom stereocenters. The van der Waals surface area contributed by atoms with Gasteiger partial charge in [-0.25, -0.2) is 4.57 Å². The zero-order valence-electron chi connectivity index (χ0n) is 15.5. The Kier molecular flexibility index (Phi) is 5.32. The minimum Gasteiger partial charge on any atom is -0.414 e. The molecule has 29 heavy (non-hydrogen) atoms. The Morgan fingerprint density at radius 2 is 1.34 bits per heavy atom. The lowest BCUT2D eigenvalue weighted by molar-refractivity contribution is 0.0978. The maximum absolute atomic E-state index is 13.7. The quantitative estimate of drug-likeness (QED) is 0.396. The third-order valence-corrected chi connectivity index (χ3v) is 5.82. The third-order valence-electron chi connectivity index (χ3n) is 4.32. The molecular weight excluding hydrogens is 383 g/mol. The van der Waals surface area contributed by atoms with Crippen LogP contribution in [0.1, 0.15) is 10.4 Å². The van der Waals surface area contributed by atoms with Crippen LogP contribution in [0.25, 0.3) is 10.8 Å². The van der Waals surface area contributed by atoms with Crippen LogP contribution in [-0.2, 0) is 4.57 Å². The van der Waals surface area contributed by atoms with E-state index in [1.165, 1.54) is 0 Å². The molecule has 6 heteroatoms. The van der Waals surface area contributed by atoms with Gasteiger partial charge in [-0.3, -0.25) is 15.0 Å². The molecule has 144 valence electrons. The molecule has 0 saturated carbocycles. The van der Waals surface area contributed by atoms with Crippen molar-refractivity contribution in [2.75, 3.05) is 5.09 Å². The number of amides is 1. The van der Waals surface area contributed by atoms with Crippen LogP contribution >= 0.6 is 7.67 Å². The number of nitrogens with one attached hydrogen (secondary N) is 2. The molecule has 0 radical (unpaired) electrons. The van der Waals surface area contributed by atoms with Crippen LogP contribution in [-0.4, -0.2) is 5.91 Å². The predicted octanol–water partition coefficient (Wildman–Crippen LogP) is 5.87. The maximum atomic E-state index is 13.7. The molecule has 0 fully saturated rings. The van der Waals surface area contributed by atoms with Gasteiger partial charge in [0.2, 0.25) is 0 Å². The number of benzene rings is 4. The fraction of sp³-hybridized carbons (Fsp3) is 0. The van der Waals surface area contributed by atoms with Gasteiger partial charge in [-0.05, 0) is 35.7 Å². The monoisotopic (exact) mass is 402 g/mol. The van der Waals surface area contributed by atoms with E-state index in [2.05, 4.69) is 10.2 Å². The molecule has 0 aliphatic rings. The van der Waals surface area contributed by atoms with Gasteiger partial charge in [-0.2, -0.15) is 0 Å². The van der Waals surface area contributed by atoms with Crippen LogP contribution < -0.4 is 14.7 Å². The first-order chi connectivity index (χ1) is 14.1. The summed E-state index contributed by atoms with van der Waals surface area (Å²) in [5.74, 6) is -0.102. The fourth-order valence-corrected chi connectivity index (χ4v) is 4.45. The molecule has 2 N–H and O–H groups in total. The molecule has 0 aliphatic heterocycles. The van der Waals surface area contributed by atoms with Gasteiger partial charge in [0.15, 0.2) is 0 Å². The number of rotatable bonds is 6. The second-order valence-electron chi connectivity index (χ2n) is 6.40. The topological polar surface area (TPSA) is 67.4 Å². The summed E-state index contributed by atoms with van der Waals surface area (Å²) in [4.78, 5) is 12.7. The average molecular weight is 402 g/mol. The van der Waals surface area contributed by atoms with E-state index in [9.17, 15) is 9.36 Å². The summed E-state index contributed by atoms with van der Waals surface area (Å²) in [6.45, 7) is 0. The highest BCUT2D eigenvalue weighted by molar-refractivity contribution is 7.59. The lowest BCUT2D eigenvalue weighted by Crippen LogP contribution is -2.26. The Morgan fingerprint density at radius 3 is 2.10 bits per heavy atom. The molecule has 0 aliphatic carbocycles. The van der Waals surface area contributed by atoms with E-state index in [1.54, 1.807) is 54.6 Å². The maximum Gasteiger partial charge on any atom is 0.446 e. The first kappa shape index (κ1) is 18.8. The first-order valence-corrected chi connectivity index (χ1v) is 10.7. The fourth-order valence-electron chi connectivity index (χ4n) is 2.97. The van der Waals surface area contributed by atoms with Gasteiger partial charge < -0.3 is 4.52 Å². The van der Waals surface area contributed by atoms with E-state index in [0.29, 0.717) is 17.0 Å². The van der Waals surface area contributed by atoms with Crippen molar-refractivity contribution >= 4 is 30.0 Å². The Bertz CT molecular complexity index is 1180. The summed E-state index contributed by atoms with van der Waals surface area (Å²) in [5, 5.41) is 7.36. The van der Waals surface area contributed by atoms with Crippen molar-refractivity contribution in [2.24, 2.45) is 0 Å². The summed E-state index contributed by atoms with van der Waals surface area (Å²) in [5.41, 5.74) is 1.000. The highest BCUT2D eigenvalue weighted by atomic mass is 31.2. The van der Waals surface area contributed by atoms with Gasteiger partial charge in [0, 0.05) is 10.9 Å². The Hall–Kier alpha value is -3.56. The highest BCUT2D eigenvalue weighted by Gasteiger charge is 2.29. The van der Waals surface area contributed by atoms with Gasteiger partial charge in [-0.1, -0.05) is 72.8 Å². The molecule has 0 aromatic heterocycles. The normalized spacial score (nSPS) is 12.7. The number of hydrogen-bond donors (Lipinski definition) is 2. The van der Waals surface area contributed by atoms with Crippen LogP contribution in [0.4, 0.5) is 5.69 Å². The number of carbonyl (C=O) groups excluding carboxylic acids is 1. The second kappa shape index (κ2) is 8.21. The predicted molar refractivity (Wildman–Crippen MR) is 116 cm³/mol. The van der Waals surface area contributed by atoms with E-state index in [0.717, 1.165) is 10.8 Å². The Morgan fingerprint density at radius 1 is 0.724 bits per heavy atom. The van der Waals surface area contributed by atoms with Crippen molar-refractivity contribution in [3.63, 3.8) is 0 Å². The minimum atomic E-state index is -3.84. The van der Waals surface area contributed by atoms with Crippen molar-refractivity contribution in [1.29, 1.82) is 0 Å². The molecule has 0 bridgehead atoms. The summed E-state index contributed by atoms with van der Waals surface area (Å²) in [6, 6.07) is 30.7. The van der Waals surface area contributed by atoms with Crippen molar-refractivity contribution in [3.05, 3.63) is 109 Å². The van der Waals surface area contributed by atoms with Gasteiger partial charge in [0.05, 0.1) is 5.69 Å².